The average Bonchev–Trinajstić information content (AvgIpc) is 1.63. The highest BCUT2D eigenvalue weighted by molar-refractivity contribution is 7.98. The molecule has 0 radical (unpaired) electrons. The van der Waals surface area contributed by atoms with Crippen molar-refractivity contribution in [3.63, 3.8) is 0 Å². The van der Waals surface area contributed by atoms with E-state index in [-0.39, 0.29) is 0 Å². The van der Waals surface area contributed by atoms with Crippen molar-refractivity contribution in [2.45, 2.75) is 13.0 Å². The van der Waals surface area contributed by atoms with Crippen molar-refractivity contribution in [2.75, 3.05) is 19.0 Å². The maximum absolute atomic E-state index is 5.16. The Kier molecular flexibility index (Phi) is 2.66. The first-order chi connectivity index (χ1) is 3.93. The maximum Gasteiger partial charge on any atom is 0.0636 e. The summed E-state index contributed by atoms with van der Waals surface area (Å²) in [5.74, 6) is 1.21. The molecule has 1 fully saturated rings. The van der Waals surface area contributed by atoms with Crippen molar-refractivity contribution >= 4 is 11.9 Å². The van der Waals surface area contributed by atoms with E-state index < -0.39 is 0 Å². The minimum atomic E-state index is 0.625. The van der Waals surface area contributed by atoms with E-state index in [2.05, 4.69) is 4.72 Å². The molecule has 1 unspecified atom stereocenters. The highest BCUT2D eigenvalue weighted by atomic mass is 32.2. The Hall–Kier alpha value is 0.270. The lowest BCUT2D eigenvalue weighted by molar-refractivity contribution is 0.132. The molecule has 0 aromatic carbocycles. The van der Waals surface area contributed by atoms with Crippen molar-refractivity contribution in [1.29, 1.82) is 0 Å². The summed E-state index contributed by atoms with van der Waals surface area (Å²) >= 11 is 1.77. The number of ether oxygens (including phenoxy) is 1. The summed E-state index contributed by atoms with van der Waals surface area (Å²) in [6, 6.07) is 0.625. The second kappa shape index (κ2) is 3.33. The van der Waals surface area contributed by atoms with Gasteiger partial charge >= 0.3 is 0 Å². The molecule has 0 amide bonds. The van der Waals surface area contributed by atoms with Crippen molar-refractivity contribution in [3.8, 4) is 0 Å². The van der Waals surface area contributed by atoms with Crippen LogP contribution in [0, 0.1) is 0 Å². The predicted octanol–water partition coefficient (Wildman–Crippen LogP) is 0.643. The van der Waals surface area contributed by atoms with Crippen LogP contribution in [0.5, 0.6) is 0 Å². The van der Waals surface area contributed by atoms with E-state index >= 15 is 0 Å². The van der Waals surface area contributed by atoms with Crippen LogP contribution in [0.1, 0.15) is 6.92 Å². The second-order valence-electron chi connectivity index (χ2n) is 1.79. The fourth-order valence-corrected chi connectivity index (χ4v) is 1.11. The average molecular weight is 133 g/mol. The number of hydrogen-bond donors (Lipinski definition) is 1. The monoisotopic (exact) mass is 133 g/mol. The van der Waals surface area contributed by atoms with E-state index in [1.54, 1.807) is 11.9 Å². The van der Waals surface area contributed by atoms with Gasteiger partial charge in [0.05, 0.1) is 12.6 Å². The van der Waals surface area contributed by atoms with E-state index in [0.717, 1.165) is 13.2 Å². The lowest BCUT2D eigenvalue weighted by atomic mass is 10.4. The molecular formula is C5H11NOS. The van der Waals surface area contributed by atoms with Crippen molar-refractivity contribution in [1.82, 2.24) is 4.72 Å². The Morgan fingerprint density at radius 3 is 3.00 bits per heavy atom. The van der Waals surface area contributed by atoms with Crippen LogP contribution in [0.25, 0.3) is 0 Å². The largest absolute Gasteiger partial charge is 0.380 e. The molecule has 0 bridgehead atoms. The summed E-state index contributed by atoms with van der Waals surface area (Å²) in [5, 5.41) is 0. The molecule has 1 aliphatic rings. The van der Waals surface area contributed by atoms with Crippen LogP contribution >= 0.6 is 11.9 Å². The molecule has 0 saturated carbocycles. The third-order valence-electron chi connectivity index (χ3n) is 1.06. The molecule has 48 valence electrons. The first-order valence-corrected chi connectivity index (χ1v) is 3.87. The summed E-state index contributed by atoms with van der Waals surface area (Å²) in [5.41, 5.74) is 0. The molecule has 2 nitrogen and oxygen atoms in total. The van der Waals surface area contributed by atoms with E-state index in [0.29, 0.717) is 6.04 Å². The maximum atomic E-state index is 5.16. The third kappa shape index (κ3) is 1.65. The second-order valence-corrected chi connectivity index (χ2v) is 2.64. The Morgan fingerprint density at radius 2 is 2.62 bits per heavy atom. The van der Waals surface area contributed by atoms with Gasteiger partial charge in [0.25, 0.3) is 0 Å². The molecule has 1 aliphatic heterocycles. The van der Waals surface area contributed by atoms with Gasteiger partial charge in [-0.1, -0.05) is 11.9 Å². The molecule has 3 heteroatoms. The summed E-state index contributed by atoms with van der Waals surface area (Å²) < 4.78 is 8.33. The molecule has 0 aromatic heterocycles. The summed E-state index contributed by atoms with van der Waals surface area (Å²) in [4.78, 5) is 0. The van der Waals surface area contributed by atoms with Crippen LogP contribution in [0.2, 0.25) is 0 Å². The van der Waals surface area contributed by atoms with Crippen molar-refractivity contribution < 1.29 is 4.74 Å². The van der Waals surface area contributed by atoms with Crippen LogP contribution < -0.4 is 4.72 Å². The van der Waals surface area contributed by atoms with Gasteiger partial charge in [-0.2, -0.15) is 0 Å². The van der Waals surface area contributed by atoms with Gasteiger partial charge in [0.2, 0.25) is 0 Å². The highest BCUT2D eigenvalue weighted by Gasteiger charge is 2.16. The molecule has 8 heavy (non-hydrogen) atoms. The van der Waals surface area contributed by atoms with E-state index in [1.165, 1.54) is 5.75 Å². The van der Waals surface area contributed by atoms with Crippen LogP contribution in [0.4, 0.5) is 0 Å². The van der Waals surface area contributed by atoms with Crippen LogP contribution in [0.15, 0.2) is 0 Å². The van der Waals surface area contributed by atoms with Gasteiger partial charge in [0.15, 0.2) is 0 Å². The van der Waals surface area contributed by atoms with Crippen LogP contribution in [-0.4, -0.2) is 25.0 Å². The fourth-order valence-electron chi connectivity index (χ4n) is 0.543. The quantitative estimate of drug-likeness (QED) is 0.571. The normalized spacial score (nSPS) is 27.4. The van der Waals surface area contributed by atoms with E-state index in [9.17, 15) is 0 Å². The lowest BCUT2D eigenvalue weighted by Gasteiger charge is -2.25. The Bertz CT molecular complexity index is 65.4. The van der Waals surface area contributed by atoms with Crippen LogP contribution in [-0.2, 0) is 4.74 Å². The molecule has 0 aliphatic carbocycles. The van der Waals surface area contributed by atoms with Crippen molar-refractivity contribution in [2.24, 2.45) is 0 Å². The van der Waals surface area contributed by atoms with Gasteiger partial charge in [0, 0.05) is 12.4 Å². The van der Waals surface area contributed by atoms with Gasteiger partial charge in [-0.05, 0) is 6.92 Å². The number of nitrogens with one attached hydrogen (secondary N) is 1. The van der Waals surface area contributed by atoms with Gasteiger partial charge in [-0.3, -0.25) is 4.72 Å². The molecule has 1 rings (SSSR count). The minimum Gasteiger partial charge on any atom is -0.380 e. The topological polar surface area (TPSA) is 21.3 Å². The van der Waals surface area contributed by atoms with Gasteiger partial charge < -0.3 is 4.74 Å². The summed E-state index contributed by atoms with van der Waals surface area (Å²) in [6.45, 7) is 3.73. The third-order valence-corrected chi connectivity index (χ3v) is 2.13. The van der Waals surface area contributed by atoms with Crippen molar-refractivity contribution in [3.05, 3.63) is 0 Å². The van der Waals surface area contributed by atoms with Gasteiger partial charge in [-0.25, -0.2) is 0 Å². The fraction of sp³-hybridized carbons (Fsp3) is 1.00. The zero-order chi connectivity index (χ0) is 5.82. The first kappa shape index (κ1) is 6.39. The highest BCUT2D eigenvalue weighted by Crippen LogP contribution is 2.11. The lowest BCUT2D eigenvalue weighted by Crippen LogP contribution is -2.40. The molecule has 0 aromatic rings. The predicted molar refractivity (Wildman–Crippen MR) is 35.9 cm³/mol. The Labute approximate surface area is 54.1 Å². The van der Waals surface area contributed by atoms with Gasteiger partial charge in [0.1, 0.15) is 0 Å². The summed E-state index contributed by atoms with van der Waals surface area (Å²) in [7, 11) is 0. The smallest absolute Gasteiger partial charge is 0.0636 e. The Balaban J connectivity index is 1.86. The standard InChI is InChI=1S/C5H11NOS/c1-2-7-3-5-4-8-6-5/h5-6H,2-4H2,1H3. The van der Waals surface area contributed by atoms with E-state index in [4.69, 9.17) is 4.74 Å². The SMILES string of the molecule is CCOCC1CSN1. The Morgan fingerprint density at radius 1 is 1.88 bits per heavy atom. The zero-order valence-corrected chi connectivity index (χ0v) is 5.83. The number of rotatable bonds is 3. The molecule has 1 saturated heterocycles. The molecule has 1 atom stereocenters. The van der Waals surface area contributed by atoms with Gasteiger partial charge in [-0.15, -0.1) is 0 Å². The molecule has 1 heterocycles. The number of hydrogen-bond acceptors (Lipinski definition) is 3. The molecule has 1 N–H and O–H groups in total. The first-order valence-electron chi connectivity index (χ1n) is 2.88. The minimum absolute atomic E-state index is 0.625. The summed E-state index contributed by atoms with van der Waals surface area (Å²) in [6.07, 6.45) is 0. The molecule has 0 spiro atoms. The van der Waals surface area contributed by atoms with E-state index in [1.807, 2.05) is 6.92 Å². The van der Waals surface area contributed by atoms with Crippen LogP contribution in [0.3, 0.4) is 0 Å². The molecular weight excluding hydrogens is 122 g/mol. The zero-order valence-electron chi connectivity index (χ0n) is 5.02.